The fourth-order valence-corrected chi connectivity index (χ4v) is 2.94. The second kappa shape index (κ2) is 7.19. The molecule has 3 rings (SSSR count). The molecule has 1 fully saturated rings. The van der Waals surface area contributed by atoms with Crippen molar-refractivity contribution in [2.75, 3.05) is 13.1 Å². The number of amides is 1. The van der Waals surface area contributed by atoms with E-state index in [0.717, 1.165) is 37.2 Å². The summed E-state index contributed by atoms with van der Waals surface area (Å²) in [5.41, 5.74) is 7.40. The van der Waals surface area contributed by atoms with Crippen LogP contribution < -0.4 is 5.73 Å². The van der Waals surface area contributed by atoms with Gasteiger partial charge >= 0.3 is 0 Å². The number of likely N-dealkylation sites (tertiary alicyclic amines) is 1. The van der Waals surface area contributed by atoms with Crippen molar-refractivity contribution in [2.45, 2.75) is 38.3 Å². The minimum absolute atomic E-state index is 0.0599. The van der Waals surface area contributed by atoms with Gasteiger partial charge in [-0.05, 0) is 38.3 Å². The van der Waals surface area contributed by atoms with Crippen LogP contribution in [0, 0.1) is 0 Å². The second-order valence-corrected chi connectivity index (χ2v) is 7.11. The van der Waals surface area contributed by atoms with Crippen molar-refractivity contribution in [1.29, 1.82) is 0 Å². The van der Waals surface area contributed by atoms with Gasteiger partial charge in [-0.15, -0.1) is 5.10 Å². The number of piperidine rings is 1. The van der Waals surface area contributed by atoms with Crippen LogP contribution in [0.3, 0.4) is 0 Å². The van der Waals surface area contributed by atoms with Crippen LogP contribution in [-0.4, -0.2) is 38.9 Å². The van der Waals surface area contributed by atoms with Crippen LogP contribution in [-0.2, 0) is 10.3 Å². The Bertz CT molecular complexity index is 737. The van der Waals surface area contributed by atoms with Crippen molar-refractivity contribution in [2.24, 2.45) is 5.73 Å². The van der Waals surface area contributed by atoms with Crippen LogP contribution in [0.25, 0.3) is 6.08 Å². The third kappa shape index (κ3) is 4.33. The smallest absolute Gasteiger partial charge is 0.246 e. The van der Waals surface area contributed by atoms with E-state index in [0.29, 0.717) is 0 Å². The molecule has 132 valence electrons. The third-order valence-corrected chi connectivity index (χ3v) is 4.54. The van der Waals surface area contributed by atoms with E-state index in [1.807, 2.05) is 66.0 Å². The van der Waals surface area contributed by atoms with E-state index in [4.69, 9.17) is 5.73 Å². The van der Waals surface area contributed by atoms with Gasteiger partial charge in [-0.25, -0.2) is 4.68 Å². The molecule has 0 bridgehead atoms. The van der Waals surface area contributed by atoms with E-state index in [9.17, 15) is 4.79 Å². The lowest BCUT2D eigenvalue weighted by atomic mass is 10.0. The summed E-state index contributed by atoms with van der Waals surface area (Å²) in [6.45, 7) is 5.29. The molecular weight excluding hydrogens is 314 g/mol. The Balaban J connectivity index is 1.55. The predicted octanol–water partition coefficient (Wildman–Crippen LogP) is 2.35. The highest BCUT2D eigenvalue weighted by molar-refractivity contribution is 5.91. The van der Waals surface area contributed by atoms with Crippen LogP contribution in [0.1, 0.15) is 44.0 Å². The van der Waals surface area contributed by atoms with Gasteiger partial charge < -0.3 is 10.6 Å². The van der Waals surface area contributed by atoms with Crippen molar-refractivity contribution < 1.29 is 4.79 Å². The summed E-state index contributed by atoms with van der Waals surface area (Å²) >= 11 is 0. The average molecular weight is 339 g/mol. The first-order valence-electron chi connectivity index (χ1n) is 8.67. The van der Waals surface area contributed by atoms with Gasteiger partial charge in [0.1, 0.15) is 5.69 Å². The highest BCUT2D eigenvalue weighted by Crippen LogP contribution is 2.23. The van der Waals surface area contributed by atoms with Gasteiger partial charge in [0.05, 0.1) is 17.8 Å². The van der Waals surface area contributed by atoms with Crippen LogP contribution in [0.5, 0.6) is 0 Å². The normalized spacial score (nSPS) is 16.5. The van der Waals surface area contributed by atoms with E-state index in [-0.39, 0.29) is 11.9 Å². The summed E-state index contributed by atoms with van der Waals surface area (Å²) in [5, 5.41) is 8.40. The molecule has 1 aliphatic rings. The van der Waals surface area contributed by atoms with Crippen molar-refractivity contribution in [3.05, 3.63) is 53.9 Å². The Morgan fingerprint density at radius 1 is 1.24 bits per heavy atom. The van der Waals surface area contributed by atoms with E-state index < -0.39 is 5.54 Å². The summed E-state index contributed by atoms with van der Waals surface area (Å²) in [6, 6.07) is 10.1. The molecule has 2 N–H and O–H groups in total. The molecule has 25 heavy (non-hydrogen) atoms. The number of carbonyl (C=O) groups excluding carboxylic acids is 1. The second-order valence-electron chi connectivity index (χ2n) is 7.11. The minimum atomic E-state index is -0.489. The Hall–Kier alpha value is -2.47. The van der Waals surface area contributed by atoms with Crippen LogP contribution in [0.2, 0.25) is 0 Å². The highest BCUT2D eigenvalue weighted by Gasteiger charge is 2.25. The maximum Gasteiger partial charge on any atom is 0.246 e. The molecule has 6 heteroatoms. The monoisotopic (exact) mass is 339 g/mol. The minimum Gasteiger partial charge on any atom is -0.339 e. The predicted molar refractivity (Wildman–Crippen MR) is 97.6 cm³/mol. The average Bonchev–Trinajstić information content (AvgIpc) is 3.11. The summed E-state index contributed by atoms with van der Waals surface area (Å²) in [6.07, 6.45) is 7.19. The lowest BCUT2D eigenvalue weighted by molar-refractivity contribution is -0.127. The molecule has 1 aliphatic heterocycles. The van der Waals surface area contributed by atoms with Gasteiger partial charge in [0.15, 0.2) is 0 Å². The van der Waals surface area contributed by atoms with Crippen LogP contribution in [0.15, 0.2) is 42.6 Å². The number of carbonyl (C=O) groups is 1. The van der Waals surface area contributed by atoms with Crippen LogP contribution >= 0.6 is 0 Å². The molecule has 0 unspecified atom stereocenters. The first-order chi connectivity index (χ1) is 11.9. The first-order valence-corrected chi connectivity index (χ1v) is 8.67. The summed E-state index contributed by atoms with van der Waals surface area (Å²) < 4.78 is 1.89. The molecule has 0 aliphatic carbocycles. The molecule has 6 nitrogen and oxygen atoms in total. The van der Waals surface area contributed by atoms with Crippen molar-refractivity contribution in [1.82, 2.24) is 19.9 Å². The van der Waals surface area contributed by atoms with Crippen molar-refractivity contribution >= 4 is 12.0 Å². The molecule has 0 spiro atoms. The largest absolute Gasteiger partial charge is 0.339 e. The highest BCUT2D eigenvalue weighted by atomic mass is 16.2. The maximum atomic E-state index is 12.3. The molecule has 0 radical (unpaired) electrons. The van der Waals surface area contributed by atoms with Gasteiger partial charge in [-0.2, -0.15) is 0 Å². The standard InChI is InChI=1S/C19H25N5O/c1-19(2,20)17-14-24(22-21-17)16-10-12-23(13-11-16)18(25)9-8-15-6-4-3-5-7-15/h3-9,14,16H,10-13,20H2,1-2H3. The first kappa shape index (κ1) is 17.4. The molecular formula is C19H25N5O. The molecule has 1 saturated heterocycles. The van der Waals surface area contributed by atoms with E-state index in [1.54, 1.807) is 6.08 Å². The topological polar surface area (TPSA) is 77.0 Å². The third-order valence-electron chi connectivity index (χ3n) is 4.54. The van der Waals surface area contributed by atoms with E-state index in [2.05, 4.69) is 10.3 Å². The molecule has 1 amide bonds. The van der Waals surface area contributed by atoms with E-state index in [1.165, 1.54) is 0 Å². The zero-order valence-corrected chi connectivity index (χ0v) is 14.8. The van der Waals surface area contributed by atoms with Gasteiger partial charge in [0.25, 0.3) is 0 Å². The molecule has 0 saturated carbocycles. The van der Waals surface area contributed by atoms with Gasteiger partial charge in [-0.3, -0.25) is 4.79 Å². The van der Waals surface area contributed by atoms with Crippen molar-refractivity contribution in [3.8, 4) is 0 Å². The quantitative estimate of drug-likeness (QED) is 0.868. The fourth-order valence-electron chi connectivity index (χ4n) is 2.94. The van der Waals surface area contributed by atoms with Gasteiger partial charge in [0, 0.05) is 19.2 Å². The molecule has 1 aromatic heterocycles. The maximum absolute atomic E-state index is 12.3. The fraction of sp³-hybridized carbons (Fsp3) is 0.421. The lowest BCUT2D eigenvalue weighted by Crippen LogP contribution is -2.38. The van der Waals surface area contributed by atoms with Crippen LogP contribution in [0.4, 0.5) is 0 Å². The number of hydrogen-bond acceptors (Lipinski definition) is 4. The Kier molecular flexibility index (Phi) is 4.99. The molecule has 0 atom stereocenters. The van der Waals surface area contributed by atoms with E-state index >= 15 is 0 Å². The van der Waals surface area contributed by atoms with Crippen molar-refractivity contribution in [3.63, 3.8) is 0 Å². The molecule has 2 aromatic rings. The SMILES string of the molecule is CC(C)(N)c1cn(C2CCN(C(=O)C=Cc3ccccc3)CC2)nn1. The Labute approximate surface area is 148 Å². The zero-order chi connectivity index (χ0) is 17.9. The molecule has 1 aromatic carbocycles. The molecule has 2 heterocycles. The number of aromatic nitrogens is 3. The lowest BCUT2D eigenvalue weighted by Gasteiger charge is -2.31. The number of nitrogens with zero attached hydrogens (tertiary/aromatic N) is 4. The summed E-state index contributed by atoms with van der Waals surface area (Å²) in [4.78, 5) is 14.2. The zero-order valence-electron chi connectivity index (χ0n) is 14.8. The Morgan fingerprint density at radius 2 is 1.92 bits per heavy atom. The number of benzene rings is 1. The number of rotatable bonds is 4. The van der Waals surface area contributed by atoms with Gasteiger partial charge in [-0.1, -0.05) is 35.5 Å². The Morgan fingerprint density at radius 3 is 2.52 bits per heavy atom. The number of nitrogens with two attached hydrogens (primary N) is 1. The summed E-state index contributed by atoms with van der Waals surface area (Å²) in [7, 11) is 0. The van der Waals surface area contributed by atoms with Gasteiger partial charge in [0.2, 0.25) is 5.91 Å². The summed E-state index contributed by atoms with van der Waals surface area (Å²) in [5.74, 6) is 0.0599. The number of hydrogen-bond donors (Lipinski definition) is 1.